The highest BCUT2D eigenvalue weighted by Gasteiger charge is 2.25. The fourth-order valence-corrected chi connectivity index (χ4v) is 1.82. The SMILES string of the molecule is CCNC(=O)c1nc(-c2ccccc2)oc1C(=O)NCC. The molecule has 1 heterocycles. The number of hydrogen-bond donors (Lipinski definition) is 2. The van der Waals surface area contributed by atoms with Gasteiger partial charge in [-0.05, 0) is 26.0 Å². The van der Waals surface area contributed by atoms with Crippen molar-refractivity contribution >= 4 is 11.8 Å². The van der Waals surface area contributed by atoms with E-state index >= 15 is 0 Å². The van der Waals surface area contributed by atoms with Crippen LogP contribution in [0.3, 0.4) is 0 Å². The zero-order valence-electron chi connectivity index (χ0n) is 12.0. The molecular weight excluding hydrogens is 270 g/mol. The van der Waals surface area contributed by atoms with Gasteiger partial charge in [0.05, 0.1) is 0 Å². The Kier molecular flexibility index (Phi) is 4.71. The average Bonchev–Trinajstić information content (AvgIpc) is 2.94. The van der Waals surface area contributed by atoms with E-state index in [0.29, 0.717) is 18.7 Å². The molecule has 0 aliphatic rings. The monoisotopic (exact) mass is 287 g/mol. The van der Waals surface area contributed by atoms with E-state index < -0.39 is 11.8 Å². The van der Waals surface area contributed by atoms with E-state index in [2.05, 4.69) is 15.6 Å². The van der Waals surface area contributed by atoms with Crippen molar-refractivity contribution < 1.29 is 14.0 Å². The fraction of sp³-hybridized carbons (Fsp3) is 0.267. The number of aromatic nitrogens is 1. The van der Waals surface area contributed by atoms with Gasteiger partial charge in [0.1, 0.15) is 0 Å². The largest absolute Gasteiger partial charge is 0.430 e. The Morgan fingerprint density at radius 1 is 1.05 bits per heavy atom. The van der Waals surface area contributed by atoms with Crippen molar-refractivity contribution in [2.24, 2.45) is 0 Å². The maximum Gasteiger partial charge on any atom is 0.289 e. The van der Waals surface area contributed by atoms with E-state index in [4.69, 9.17) is 4.42 Å². The summed E-state index contributed by atoms with van der Waals surface area (Å²) < 4.78 is 5.50. The molecule has 2 amide bonds. The number of carbonyl (C=O) groups is 2. The summed E-state index contributed by atoms with van der Waals surface area (Å²) >= 11 is 0. The average molecular weight is 287 g/mol. The molecular formula is C15H17N3O3. The molecule has 2 N–H and O–H groups in total. The molecule has 6 nitrogen and oxygen atoms in total. The van der Waals surface area contributed by atoms with Gasteiger partial charge in [-0.15, -0.1) is 0 Å². The first-order valence-corrected chi connectivity index (χ1v) is 6.80. The summed E-state index contributed by atoms with van der Waals surface area (Å²) in [6.45, 7) is 4.47. The Morgan fingerprint density at radius 2 is 1.67 bits per heavy atom. The van der Waals surface area contributed by atoms with Crippen LogP contribution in [0.1, 0.15) is 34.9 Å². The molecule has 0 unspecified atom stereocenters. The summed E-state index contributed by atoms with van der Waals surface area (Å²) in [4.78, 5) is 28.2. The summed E-state index contributed by atoms with van der Waals surface area (Å²) in [6, 6.07) is 9.12. The molecule has 21 heavy (non-hydrogen) atoms. The fourth-order valence-electron chi connectivity index (χ4n) is 1.82. The molecule has 2 rings (SSSR count). The molecule has 0 saturated carbocycles. The van der Waals surface area contributed by atoms with Crippen LogP contribution in [0, 0.1) is 0 Å². The molecule has 2 aromatic rings. The van der Waals surface area contributed by atoms with Gasteiger partial charge in [-0.1, -0.05) is 18.2 Å². The number of rotatable bonds is 5. The lowest BCUT2D eigenvalue weighted by Gasteiger charge is -2.01. The third-order valence-electron chi connectivity index (χ3n) is 2.74. The normalized spacial score (nSPS) is 10.2. The van der Waals surface area contributed by atoms with Crippen LogP contribution >= 0.6 is 0 Å². The van der Waals surface area contributed by atoms with Crippen LogP contribution in [-0.2, 0) is 0 Å². The predicted octanol–water partition coefficient (Wildman–Crippen LogP) is 1.84. The van der Waals surface area contributed by atoms with E-state index in [1.165, 1.54) is 0 Å². The Balaban J connectivity index is 2.44. The molecule has 0 aliphatic heterocycles. The van der Waals surface area contributed by atoms with Crippen LogP contribution in [0.4, 0.5) is 0 Å². The van der Waals surface area contributed by atoms with E-state index in [-0.39, 0.29) is 17.3 Å². The molecule has 0 fully saturated rings. The molecule has 0 spiro atoms. The van der Waals surface area contributed by atoms with Crippen molar-refractivity contribution in [1.82, 2.24) is 15.6 Å². The second-order valence-electron chi connectivity index (χ2n) is 4.28. The first-order chi connectivity index (χ1) is 10.2. The van der Waals surface area contributed by atoms with Crippen LogP contribution in [0.5, 0.6) is 0 Å². The van der Waals surface area contributed by atoms with Gasteiger partial charge >= 0.3 is 0 Å². The lowest BCUT2D eigenvalue weighted by Crippen LogP contribution is -2.28. The molecule has 0 saturated heterocycles. The van der Waals surface area contributed by atoms with Crippen LogP contribution in [0.15, 0.2) is 34.7 Å². The van der Waals surface area contributed by atoms with E-state index in [0.717, 1.165) is 0 Å². The molecule has 0 aliphatic carbocycles. The summed E-state index contributed by atoms with van der Waals surface area (Å²) in [5.41, 5.74) is 0.709. The van der Waals surface area contributed by atoms with Crippen molar-refractivity contribution in [3.05, 3.63) is 41.8 Å². The van der Waals surface area contributed by atoms with Crippen LogP contribution in [0.2, 0.25) is 0 Å². The van der Waals surface area contributed by atoms with Gasteiger partial charge in [0.2, 0.25) is 11.7 Å². The maximum absolute atomic E-state index is 12.0. The highest BCUT2D eigenvalue weighted by atomic mass is 16.4. The van der Waals surface area contributed by atoms with Crippen molar-refractivity contribution in [3.63, 3.8) is 0 Å². The number of carbonyl (C=O) groups excluding carboxylic acids is 2. The minimum Gasteiger partial charge on any atom is -0.430 e. The Labute approximate surface area is 122 Å². The first-order valence-electron chi connectivity index (χ1n) is 6.80. The zero-order valence-corrected chi connectivity index (χ0v) is 12.0. The van der Waals surface area contributed by atoms with Gasteiger partial charge in [-0.2, -0.15) is 0 Å². The van der Waals surface area contributed by atoms with Gasteiger partial charge in [0.25, 0.3) is 11.8 Å². The summed E-state index contributed by atoms with van der Waals surface area (Å²) in [7, 11) is 0. The third-order valence-corrected chi connectivity index (χ3v) is 2.74. The molecule has 1 aromatic heterocycles. The molecule has 110 valence electrons. The number of nitrogens with zero attached hydrogens (tertiary/aromatic N) is 1. The minimum absolute atomic E-state index is 0.00153. The molecule has 1 aromatic carbocycles. The summed E-state index contributed by atoms with van der Waals surface area (Å²) in [5, 5.41) is 5.23. The second kappa shape index (κ2) is 6.69. The molecule has 0 bridgehead atoms. The number of hydrogen-bond acceptors (Lipinski definition) is 4. The summed E-state index contributed by atoms with van der Waals surface area (Å²) in [5.74, 6) is -0.696. The van der Waals surface area contributed by atoms with Crippen molar-refractivity contribution in [2.45, 2.75) is 13.8 Å². The Bertz CT molecular complexity index is 599. The molecule has 0 radical (unpaired) electrons. The van der Waals surface area contributed by atoms with E-state index in [1.54, 1.807) is 26.0 Å². The number of oxazole rings is 1. The number of benzene rings is 1. The Morgan fingerprint density at radius 3 is 2.29 bits per heavy atom. The lowest BCUT2D eigenvalue weighted by molar-refractivity contribution is 0.0899. The minimum atomic E-state index is -0.451. The summed E-state index contributed by atoms with van der Waals surface area (Å²) in [6.07, 6.45) is 0. The van der Waals surface area contributed by atoms with Gasteiger partial charge in [0, 0.05) is 18.7 Å². The first kappa shape index (κ1) is 14.8. The molecule has 0 atom stereocenters. The van der Waals surface area contributed by atoms with E-state index in [9.17, 15) is 9.59 Å². The van der Waals surface area contributed by atoms with Crippen molar-refractivity contribution in [2.75, 3.05) is 13.1 Å². The molecule has 6 heteroatoms. The topological polar surface area (TPSA) is 84.2 Å². The predicted molar refractivity (Wildman–Crippen MR) is 78.0 cm³/mol. The maximum atomic E-state index is 12.0. The van der Waals surface area contributed by atoms with Gasteiger partial charge in [0.15, 0.2) is 5.69 Å². The smallest absolute Gasteiger partial charge is 0.289 e. The highest BCUT2D eigenvalue weighted by molar-refractivity contribution is 6.04. The number of amides is 2. The van der Waals surface area contributed by atoms with Crippen LogP contribution in [0.25, 0.3) is 11.5 Å². The lowest BCUT2D eigenvalue weighted by atomic mass is 10.2. The van der Waals surface area contributed by atoms with Crippen molar-refractivity contribution in [1.29, 1.82) is 0 Å². The number of nitrogens with one attached hydrogen (secondary N) is 2. The van der Waals surface area contributed by atoms with Gasteiger partial charge in [-0.3, -0.25) is 9.59 Å². The van der Waals surface area contributed by atoms with Gasteiger partial charge in [-0.25, -0.2) is 4.98 Å². The standard InChI is InChI=1S/C15H17N3O3/c1-3-16-13(19)11-12(14(20)17-4-2)21-15(18-11)10-8-6-5-7-9-10/h5-9H,3-4H2,1-2H3,(H,16,19)(H,17,20). The van der Waals surface area contributed by atoms with Crippen LogP contribution in [-0.4, -0.2) is 29.9 Å². The van der Waals surface area contributed by atoms with Gasteiger partial charge < -0.3 is 15.1 Å². The van der Waals surface area contributed by atoms with Crippen molar-refractivity contribution in [3.8, 4) is 11.5 Å². The third kappa shape index (κ3) is 3.28. The van der Waals surface area contributed by atoms with Crippen LogP contribution < -0.4 is 10.6 Å². The zero-order chi connectivity index (χ0) is 15.2. The highest BCUT2D eigenvalue weighted by Crippen LogP contribution is 2.22. The Hall–Kier alpha value is -2.63. The second-order valence-corrected chi connectivity index (χ2v) is 4.28. The quantitative estimate of drug-likeness (QED) is 0.878. The van der Waals surface area contributed by atoms with E-state index in [1.807, 2.05) is 18.2 Å².